The Morgan fingerprint density at radius 3 is 2.68 bits per heavy atom. The average molecular weight is 483 g/mol. The van der Waals surface area contributed by atoms with E-state index in [0.717, 1.165) is 59.5 Å². The zero-order chi connectivity index (χ0) is 23.5. The summed E-state index contributed by atoms with van der Waals surface area (Å²) in [5, 5.41) is 12.8. The molecule has 9 heteroatoms. The second-order valence-electron chi connectivity index (χ2n) is 9.15. The Labute approximate surface area is 203 Å². The molecule has 1 aliphatic carbocycles. The third-order valence-electron chi connectivity index (χ3n) is 6.42. The summed E-state index contributed by atoms with van der Waals surface area (Å²) in [6.45, 7) is 5.82. The average Bonchev–Trinajstić information content (AvgIpc) is 3.60. The molecule has 3 heterocycles. The summed E-state index contributed by atoms with van der Waals surface area (Å²) in [4.78, 5) is 13.1. The molecule has 1 N–H and O–H groups in total. The van der Waals surface area contributed by atoms with E-state index in [1.54, 1.807) is 6.26 Å². The van der Waals surface area contributed by atoms with Crippen LogP contribution < -0.4 is 14.8 Å². The number of nitrogens with one attached hydrogen (secondary N) is 1. The van der Waals surface area contributed by atoms with E-state index in [4.69, 9.17) is 13.9 Å². The van der Waals surface area contributed by atoms with E-state index >= 15 is 0 Å². The third-order valence-corrected chi connectivity index (χ3v) is 7.39. The third kappa shape index (κ3) is 4.66. The van der Waals surface area contributed by atoms with Gasteiger partial charge in [-0.2, -0.15) is 0 Å². The van der Waals surface area contributed by atoms with Crippen LogP contribution in [0.5, 0.6) is 11.5 Å². The smallest absolute Gasteiger partial charge is 0.231 e. The predicted molar refractivity (Wildman–Crippen MR) is 128 cm³/mol. The number of rotatable bonds is 8. The summed E-state index contributed by atoms with van der Waals surface area (Å²) in [6, 6.07) is 9.84. The Bertz CT molecular complexity index is 1140. The van der Waals surface area contributed by atoms with E-state index < -0.39 is 0 Å². The lowest BCUT2D eigenvalue weighted by Crippen LogP contribution is -2.44. The van der Waals surface area contributed by atoms with E-state index in [-0.39, 0.29) is 23.1 Å². The minimum atomic E-state index is -0.377. The van der Waals surface area contributed by atoms with Crippen LogP contribution in [0.15, 0.2) is 46.2 Å². The number of aromatic nitrogens is 3. The molecule has 2 aromatic heterocycles. The van der Waals surface area contributed by atoms with Crippen molar-refractivity contribution in [3.05, 3.63) is 53.7 Å². The Kier molecular flexibility index (Phi) is 6.54. The highest BCUT2D eigenvalue weighted by Crippen LogP contribution is 2.42. The first-order valence-electron chi connectivity index (χ1n) is 11.8. The Balaban J connectivity index is 1.30. The van der Waals surface area contributed by atoms with Crippen LogP contribution in [-0.4, -0.2) is 39.6 Å². The zero-order valence-electron chi connectivity index (χ0n) is 19.6. The number of benzene rings is 1. The number of hydrogen-bond acceptors (Lipinski definition) is 7. The second-order valence-corrected chi connectivity index (χ2v) is 10.1. The normalized spacial score (nSPS) is 16.7. The summed E-state index contributed by atoms with van der Waals surface area (Å²) in [7, 11) is 0. The van der Waals surface area contributed by atoms with Gasteiger partial charge in [-0.25, -0.2) is 0 Å². The van der Waals surface area contributed by atoms with Gasteiger partial charge in [-0.1, -0.05) is 44.5 Å². The standard InChI is InChI=1S/C25H30N4O4S/c1-17(2)23-27-28-24(29(23)15-19-6-5-11-31-19)34-16-22(30)26-25(9-3-4-10-25)18-7-8-20-21(14-18)33-13-12-32-20/h5-8,11,14,17H,3-4,9-10,12-13,15-16H2,1-2H3,(H,26,30). The van der Waals surface area contributed by atoms with Gasteiger partial charge in [0.2, 0.25) is 5.91 Å². The topological polar surface area (TPSA) is 91.4 Å². The number of carbonyl (C=O) groups is 1. The lowest BCUT2D eigenvalue weighted by atomic mass is 9.87. The first-order valence-corrected chi connectivity index (χ1v) is 12.8. The van der Waals surface area contributed by atoms with Gasteiger partial charge in [0.1, 0.15) is 24.8 Å². The van der Waals surface area contributed by atoms with E-state index in [9.17, 15) is 4.79 Å². The lowest BCUT2D eigenvalue weighted by molar-refractivity contribution is -0.120. The summed E-state index contributed by atoms with van der Waals surface area (Å²) in [5.74, 6) is 3.69. The molecule has 0 radical (unpaired) electrons. The molecule has 180 valence electrons. The molecule has 0 saturated heterocycles. The second kappa shape index (κ2) is 9.74. The molecule has 1 saturated carbocycles. The van der Waals surface area contributed by atoms with Crippen LogP contribution in [0.4, 0.5) is 0 Å². The highest BCUT2D eigenvalue weighted by Gasteiger charge is 2.38. The molecule has 0 unspecified atom stereocenters. The maximum absolute atomic E-state index is 13.1. The fraction of sp³-hybridized carbons (Fsp3) is 0.480. The highest BCUT2D eigenvalue weighted by molar-refractivity contribution is 7.99. The first kappa shape index (κ1) is 22.8. The SMILES string of the molecule is CC(C)c1nnc(SCC(=O)NC2(c3ccc4c(c3)OCCO4)CCCC2)n1Cc1ccco1. The van der Waals surface area contributed by atoms with Crippen LogP contribution in [0.2, 0.25) is 0 Å². The number of ether oxygens (including phenoxy) is 2. The maximum Gasteiger partial charge on any atom is 0.231 e. The fourth-order valence-electron chi connectivity index (χ4n) is 4.78. The summed E-state index contributed by atoms with van der Waals surface area (Å²) >= 11 is 1.41. The minimum absolute atomic E-state index is 0.0135. The molecule has 1 aliphatic heterocycles. The van der Waals surface area contributed by atoms with E-state index in [2.05, 4.69) is 35.4 Å². The lowest BCUT2D eigenvalue weighted by Gasteiger charge is -2.32. The number of nitrogens with zero attached hydrogens (tertiary/aromatic N) is 3. The van der Waals surface area contributed by atoms with Crippen molar-refractivity contribution in [2.24, 2.45) is 0 Å². The number of amides is 1. The molecule has 1 fully saturated rings. The number of hydrogen-bond donors (Lipinski definition) is 1. The highest BCUT2D eigenvalue weighted by atomic mass is 32.2. The molecule has 3 aromatic rings. The minimum Gasteiger partial charge on any atom is -0.486 e. The number of furan rings is 1. The van der Waals surface area contributed by atoms with Crippen molar-refractivity contribution in [2.45, 2.75) is 62.7 Å². The van der Waals surface area contributed by atoms with Crippen LogP contribution in [0, 0.1) is 0 Å². The van der Waals surface area contributed by atoms with Crippen LogP contribution in [-0.2, 0) is 16.9 Å². The van der Waals surface area contributed by atoms with Gasteiger partial charge in [-0.05, 0) is 42.7 Å². The molecule has 0 bridgehead atoms. The van der Waals surface area contributed by atoms with Gasteiger partial charge in [0.05, 0.1) is 24.1 Å². The molecule has 34 heavy (non-hydrogen) atoms. The van der Waals surface area contributed by atoms with Crippen molar-refractivity contribution >= 4 is 17.7 Å². The van der Waals surface area contributed by atoms with E-state index in [1.807, 2.05) is 28.8 Å². The van der Waals surface area contributed by atoms with Crippen LogP contribution in [0.3, 0.4) is 0 Å². The van der Waals surface area contributed by atoms with Crippen LogP contribution in [0.25, 0.3) is 0 Å². The van der Waals surface area contributed by atoms with Gasteiger partial charge in [0, 0.05) is 5.92 Å². The summed E-state index contributed by atoms with van der Waals surface area (Å²) in [5.41, 5.74) is 0.703. The van der Waals surface area contributed by atoms with Gasteiger partial charge in [-0.3, -0.25) is 9.36 Å². The van der Waals surface area contributed by atoms with Crippen molar-refractivity contribution < 1.29 is 18.7 Å². The quantitative estimate of drug-likeness (QED) is 0.473. The van der Waals surface area contributed by atoms with Crippen molar-refractivity contribution in [2.75, 3.05) is 19.0 Å². The Morgan fingerprint density at radius 1 is 1.15 bits per heavy atom. The summed E-state index contributed by atoms with van der Waals surface area (Å²) < 4.78 is 19.0. The zero-order valence-corrected chi connectivity index (χ0v) is 20.4. The Morgan fingerprint density at radius 2 is 1.94 bits per heavy atom. The van der Waals surface area contributed by atoms with Gasteiger partial charge < -0.3 is 19.2 Å². The molecule has 2 aliphatic rings. The number of thioether (sulfide) groups is 1. The van der Waals surface area contributed by atoms with Gasteiger partial charge in [-0.15, -0.1) is 10.2 Å². The molecular weight excluding hydrogens is 452 g/mol. The molecule has 0 spiro atoms. The van der Waals surface area contributed by atoms with Gasteiger partial charge in [0.15, 0.2) is 16.7 Å². The molecular formula is C25H30N4O4S. The van der Waals surface area contributed by atoms with Crippen molar-refractivity contribution in [3.63, 3.8) is 0 Å². The molecule has 5 rings (SSSR count). The van der Waals surface area contributed by atoms with Gasteiger partial charge in [0.25, 0.3) is 0 Å². The monoisotopic (exact) mass is 482 g/mol. The summed E-state index contributed by atoms with van der Waals surface area (Å²) in [6.07, 6.45) is 5.65. The van der Waals surface area contributed by atoms with Crippen molar-refractivity contribution in [3.8, 4) is 11.5 Å². The molecule has 8 nitrogen and oxygen atoms in total. The van der Waals surface area contributed by atoms with Crippen LogP contribution in [0.1, 0.15) is 62.6 Å². The number of carbonyl (C=O) groups excluding carboxylic acids is 1. The molecule has 1 amide bonds. The van der Waals surface area contributed by atoms with E-state index in [1.165, 1.54) is 11.8 Å². The van der Waals surface area contributed by atoms with E-state index in [0.29, 0.717) is 19.8 Å². The fourth-order valence-corrected chi connectivity index (χ4v) is 5.52. The van der Waals surface area contributed by atoms with Crippen LogP contribution >= 0.6 is 11.8 Å². The number of fused-ring (bicyclic) bond motifs is 1. The molecule has 0 atom stereocenters. The van der Waals surface area contributed by atoms with Gasteiger partial charge >= 0.3 is 0 Å². The van der Waals surface area contributed by atoms with Crippen molar-refractivity contribution in [1.82, 2.24) is 20.1 Å². The van der Waals surface area contributed by atoms with Crippen molar-refractivity contribution in [1.29, 1.82) is 0 Å². The Hall–Kier alpha value is -2.94. The molecule has 1 aromatic carbocycles. The predicted octanol–water partition coefficient (Wildman–Crippen LogP) is 4.49. The first-order chi connectivity index (χ1) is 16.5. The largest absolute Gasteiger partial charge is 0.486 e. The maximum atomic E-state index is 13.1.